The van der Waals surface area contributed by atoms with Gasteiger partial charge in [0.1, 0.15) is 4.83 Å². The van der Waals surface area contributed by atoms with E-state index < -0.39 is 0 Å². The summed E-state index contributed by atoms with van der Waals surface area (Å²) in [5, 5.41) is 6.64. The van der Waals surface area contributed by atoms with E-state index in [1.165, 1.54) is 22.2 Å². The molecule has 0 unspecified atom stereocenters. The molecule has 2 aromatic heterocycles. The van der Waals surface area contributed by atoms with Gasteiger partial charge in [-0.05, 0) is 19.4 Å². The number of aryl methyl sites for hydroxylation is 3. The zero-order chi connectivity index (χ0) is 17.5. The Morgan fingerprint density at radius 1 is 1.33 bits per heavy atom. The first kappa shape index (κ1) is 18.6. The maximum absolute atomic E-state index is 12.5. The minimum atomic E-state index is -0.0752. The average Bonchev–Trinajstić information content (AvgIpc) is 2.85. The van der Waals surface area contributed by atoms with Gasteiger partial charge in [-0.15, -0.1) is 11.3 Å². The molecule has 2 aromatic rings. The molecule has 0 atom stereocenters. The van der Waals surface area contributed by atoms with E-state index in [4.69, 9.17) is 4.74 Å². The van der Waals surface area contributed by atoms with Crippen LogP contribution in [0.4, 0.5) is 0 Å². The van der Waals surface area contributed by atoms with Crippen LogP contribution in [0.3, 0.4) is 0 Å². The first-order valence-corrected chi connectivity index (χ1v) is 8.77. The van der Waals surface area contributed by atoms with E-state index in [0.717, 1.165) is 21.8 Å². The molecule has 7 nitrogen and oxygen atoms in total. The summed E-state index contributed by atoms with van der Waals surface area (Å²) in [4.78, 5) is 30.6. The van der Waals surface area contributed by atoms with Gasteiger partial charge < -0.3 is 15.4 Å². The average molecular weight is 352 g/mol. The molecule has 0 saturated carbocycles. The Bertz CT molecular complexity index is 754. The summed E-state index contributed by atoms with van der Waals surface area (Å²) in [7, 11) is 1.65. The third-order valence-corrected chi connectivity index (χ3v) is 4.96. The Morgan fingerprint density at radius 2 is 2.12 bits per heavy atom. The number of carbonyl (C=O) groups is 1. The zero-order valence-electron chi connectivity index (χ0n) is 14.3. The van der Waals surface area contributed by atoms with Crippen LogP contribution in [0, 0.1) is 13.8 Å². The van der Waals surface area contributed by atoms with Gasteiger partial charge in [0.2, 0.25) is 5.91 Å². The van der Waals surface area contributed by atoms with E-state index in [1.54, 1.807) is 7.11 Å². The second kappa shape index (κ2) is 8.91. The number of nitrogens with zero attached hydrogens (tertiary/aromatic N) is 2. The second-order valence-electron chi connectivity index (χ2n) is 5.55. The summed E-state index contributed by atoms with van der Waals surface area (Å²) in [6.45, 7) is 6.90. The van der Waals surface area contributed by atoms with Crippen LogP contribution in [0.2, 0.25) is 0 Å². The summed E-state index contributed by atoms with van der Waals surface area (Å²) in [5.74, 6) is -0.0752. The third-order valence-electron chi connectivity index (χ3n) is 3.84. The van der Waals surface area contributed by atoms with E-state index >= 15 is 0 Å². The highest BCUT2D eigenvalue weighted by molar-refractivity contribution is 7.18. The van der Waals surface area contributed by atoms with Crippen LogP contribution in [-0.4, -0.2) is 48.8 Å². The fourth-order valence-corrected chi connectivity index (χ4v) is 3.32. The molecule has 24 heavy (non-hydrogen) atoms. The molecule has 8 heteroatoms. The zero-order valence-corrected chi connectivity index (χ0v) is 15.2. The largest absolute Gasteiger partial charge is 0.383 e. The van der Waals surface area contributed by atoms with Crippen molar-refractivity contribution in [1.82, 2.24) is 20.2 Å². The SMILES string of the molecule is COCCNCCNC(=O)CCn1cnc2sc(C)c(C)c2c1=O. The molecule has 0 aliphatic heterocycles. The van der Waals surface area contributed by atoms with Gasteiger partial charge >= 0.3 is 0 Å². The molecule has 1 amide bonds. The lowest BCUT2D eigenvalue weighted by atomic mass is 10.2. The number of hydrogen-bond acceptors (Lipinski definition) is 6. The number of ether oxygens (including phenoxy) is 1. The Hall–Kier alpha value is -1.77. The van der Waals surface area contributed by atoms with Crippen molar-refractivity contribution in [3.63, 3.8) is 0 Å². The van der Waals surface area contributed by atoms with E-state index in [2.05, 4.69) is 15.6 Å². The van der Waals surface area contributed by atoms with E-state index in [0.29, 0.717) is 31.6 Å². The number of thiophene rings is 1. The summed E-state index contributed by atoms with van der Waals surface area (Å²) in [6, 6.07) is 0. The van der Waals surface area contributed by atoms with E-state index in [-0.39, 0.29) is 17.9 Å². The van der Waals surface area contributed by atoms with Crippen molar-refractivity contribution in [2.24, 2.45) is 0 Å². The molecule has 132 valence electrons. The molecule has 0 saturated heterocycles. The number of aromatic nitrogens is 2. The minimum Gasteiger partial charge on any atom is -0.383 e. The molecule has 0 radical (unpaired) electrons. The molecule has 0 aliphatic rings. The van der Waals surface area contributed by atoms with Crippen molar-refractivity contribution in [1.29, 1.82) is 0 Å². The fourth-order valence-electron chi connectivity index (χ4n) is 2.33. The molecule has 0 aliphatic carbocycles. The summed E-state index contributed by atoms with van der Waals surface area (Å²) >= 11 is 1.53. The van der Waals surface area contributed by atoms with Gasteiger partial charge in [-0.25, -0.2) is 4.98 Å². The molecule has 2 rings (SSSR count). The van der Waals surface area contributed by atoms with Crippen LogP contribution in [0.1, 0.15) is 16.9 Å². The molecule has 0 fully saturated rings. The Kier molecular flexibility index (Phi) is 6.89. The molecular weight excluding hydrogens is 328 g/mol. The number of hydrogen-bond donors (Lipinski definition) is 2. The van der Waals surface area contributed by atoms with Gasteiger partial charge in [0.25, 0.3) is 5.56 Å². The monoisotopic (exact) mass is 352 g/mol. The Labute approximate surface area is 145 Å². The number of nitrogens with one attached hydrogen (secondary N) is 2. The molecule has 2 N–H and O–H groups in total. The topological polar surface area (TPSA) is 85.2 Å². The lowest BCUT2D eigenvalue weighted by Gasteiger charge is -2.08. The van der Waals surface area contributed by atoms with Crippen LogP contribution < -0.4 is 16.2 Å². The standard InChI is InChI=1S/C16H24N4O3S/c1-11-12(2)24-15-14(11)16(22)20(10-19-15)8-4-13(21)18-6-5-17-7-9-23-3/h10,17H,4-9H2,1-3H3,(H,18,21). The van der Waals surface area contributed by atoms with Crippen LogP contribution in [-0.2, 0) is 16.1 Å². The predicted octanol–water partition coefficient (Wildman–Crippen LogP) is 0.817. The summed E-state index contributed by atoms with van der Waals surface area (Å²) in [5.41, 5.74) is 0.907. The van der Waals surface area contributed by atoms with Crippen molar-refractivity contribution in [2.75, 3.05) is 33.4 Å². The highest BCUT2D eigenvalue weighted by Crippen LogP contribution is 2.25. The fraction of sp³-hybridized carbons (Fsp3) is 0.562. The number of rotatable bonds is 9. The number of carbonyl (C=O) groups excluding carboxylic acids is 1. The van der Waals surface area contributed by atoms with Gasteiger partial charge in [0.05, 0.1) is 18.3 Å². The maximum Gasteiger partial charge on any atom is 0.262 e. The van der Waals surface area contributed by atoms with Crippen molar-refractivity contribution >= 4 is 27.5 Å². The van der Waals surface area contributed by atoms with Gasteiger partial charge in [-0.2, -0.15) is 0 Å². The van der Waals surface area contributed by atoms with E-state index in [9.17, 15) is 9.59 Å². The minimum absolute atomic E-state index is 0.0733. The van der Waals surface area contributed by atoms with Crippen LogP contribution in [0.25, 0.3) is 10.2 Å². The summed E-state index contributed by atoms with van der Waals surface area (Å²) < 4.78 is 6.43. The number of amides is 1. The predicted molar refractivity (Wildman–Crippen MR) is 95.7 cm³/mol. The van der Waals surface area contributed by atoms with E-state index in [1.807, 2.05) is 13.8 Å². The first-order valence-electron chi connectivity index (χ1n) is 7.96. The lowest BCUT2D eigenvalue weighted by molar-refractivity contribution is -0.121. The highest BCUT2D eigenvalue weighted by atomic mass is 32.1. The molecule has 0 spiro atoms. The van der Waals surface area contributed by atoms with Crippen molar-refractivity contribution in [2.45, 2.75) is 26.8 Å². The van der Waals surface area contributed by atoms with Gasteiger partial charge in [0.15, 0.2) is 0 Å². The Morgan fingerprint density at radius 3 is 2.88 bits per heavy atom. The van der Waals surface area contributed by atoms with Gasteiger partial charge in [-0.1, -0.05) is 0 Å². The van der Waals surface area contributed by atoms with Crippen molar-refractivity contribution in [3.8, 4) is 0 Å². The Balaban J connectivity index is 1.85. The third kappa shape index (κ3) is 4.62. The maximum atomic E-state index is 12.5. The number of fused-ring (bicyclic) bond motifs is 1. The lowest BCUT2D eigenvalue weighted by Crippen LogP contribution is -2.34. The first-order chi connectivity index (χ1) is 11.5. The summed E-state index contributed by atoms with van der Waals surface area (Å²) in [6.07, 6.45) is 1.78. The molecule has 0 bridgehead atoms. The highest BCUT2D eigenvalue weighted by Gasteiger charge is 2.12. The van der Waals surface area contributed by atoms with Crippen molar-refractivity contribution in [3.05, 3.63) is 27.1 Å². The van der Waals surface area contributed by atoms with Gasteiger partial charge in [-0.3, -0.25) is 14.2 Å². The van der Waals surface area contributed by atoms with Gasteiger partial charge in [0, 0.05) is 44.6 Å². The normalized spacial score (nSPS) is 11.1. The number of methoxy groups -OCH3 is 1. The van der Waals surface area contributed by atoms with Crippen LogP contribution in [0.5, 0.6) is 0 Å². The molecule has 2 heterocycles. The molecule has 0 aromatic carbocycles. The molecular formula is C16H24N4O3S. The van der Waals surface area contributed by atoms with Crippen molar-refractivity contribution < 1.29 is 9.53 Å². The van der Waals surface area contributed by atoms with Crippen LogP contribution >= 0.6 is 11.3 Å². The smallest absolute Gasteiger partial charge is 0.262 e. The van der Waals surface area contributed by atoms with Crippen LogP contribution in [0.15, 0.2) is 11.1 Å². The second-order valence-corrected chi connectivity index (χ2v) is 6.75. The quantitative estimate of drug-likeness (QED) is 0.653.